The van der Waals surface area contributed by atoms with Gasteiger partial charge >= 0.3 is 0 Å². The summed E-state index contributed by atoms with van der Waals surface area (Å²) in [5.74, 6) is 1.33. The standard InChI is InChI=1S/C10H21N5/c1-7(2)10(4,5)6-15-9(8(3)11)12-13-14-15/h7-8H,6,11H2,1-5H3. The predicted octanol–water partition coefficient (Wildman–Crippen LogP) is 1.37. The Bertz CT molecular complexity index is 313. The molecule has 0 saturated carbocycles. The summed E-state index contributed by atoms with van der Waals surface area (Å²) in [6.45, 7) is 11.5. The van der Waals surface area contributed by atoms with Crippen molar-refractivity contribution < 1.29 is 0 Å². The molecule has 0 saturated heterocycles. The van der Waals surface area contributed by atoms with E-state index in [1.165, 1.54) is 0 Å². The summed E-state index contributed by atoms with van der Waals surface area (Å²) >= 11 is 0. The van der Waals surface area contributed by atoms with Gasteiger partial charge in [-0.15, -0.1) is 5.10 Å². The van der Waals surface area contributed by atoms with Crippen LogP contribution in [0.2, 0.25) is 0 Å². The van der Waals surface area contributed by atoms with Crippen LogP contribution in [0.1, 0.15) is 46.5 Å². The Kier molecular flexibility index (Phi) is 3.44. The van der Waals surface area contributed by atoms with E-state index in [9.17, 15) is 0 Å². The Balaban J connectivity index is 2.85. The highest BCUT2D eigenvalue weighted by atomic mass is 15.5. The highest BCUT2D eigenvalue weighted by Crippen LogP contribution is 2.28. The van der Waals surface area contributed by atoms with Crippen molar-refractivity contribution in [2.24, 2.45) is 17.1 Å². The molecule has 1 rings (SSSR count). The molecule has 1 aromatic rings. The van der Waals surface area contributed by atoms with Gasteiger partial charge in [0.1, 0.15) is 0 Å². The molecule has 5 nitrogen and oxygen atoms in total. The molecule has 0 amide bonds. The fourth-order valence-electron chi connectivity index (χ4n) is 1.22. The van der Waals surface area contributed by atoms with Gasteiger partial charge in [-0.25, -0.2) is 4.68 Å². The van der Waals surface area contributed by atoms with E-state index in [0.29, 0.717) is 5.92 Å². The first kappa shape index (κ1) is 12.1. The van der Waals surface area contributed by atoms with E-state index >= 15 is 0 Å². The van der Waals surface area contributed by atoms with Crippen molar-refractivity contribution in [2.45, 2.75) is 47.2 Å². The van der Waals surface area contributed by atoms with E-state index in [0.717, 1.165) is 12.4 Å². The lowest BCUT2D eigenvalue weighted by Crippen LogP contribution is -2.28. The number of nitrogens with two attached hydrogens (primary N) is 1. The molecule has 5 heteroatoms. The number of aromatic nitrogens is 4. The van der Waals surface area contributed by atoms with Gasteiger partial charge in [0.15, 0.2) is 5.82 Å². The first-order valence-corrected chi connectivity index (χ1v) is 5.36. The molecular weight excluding hydrogens is 190 g/mol. The van der Waals surface area contributed by atoms with Crippen molar-refractivity contribution in [2.75, 3.05) is 0 Å². The third-order valence-corrected chi connectivity index (χ3v) is 3.09. The minimum absolute atomic E-state index is 0.122. The summed E-state index contributed by atoms with van der Waals surface area (Å²) in [6, 6.07) is -0.122. The minimum atomic E-state index is -0.122. The highest BCUT2D eigenvalue weighted by molar-refractivity contribution is 4.89. The van der Waals surface area contributed by atoms with Crippen molar-refractivity contribution in [1.82, 2.24) is 20.2 Å². The largest absolute Gasteiger partial charge is 0.322 e. The van der Waals surface area contributed by atoms with Crippen LogP contribution >= 0.6 is 0 Å². The summed E-state index contributed by atoms with van der Waals surface area (Å²) < 4.78 is 1.81. The first-order chi connectivity index (χ1) is 6.84. The van der Waals surface area contributed by atoms with Gasteiger partial charge in [-0.2, -0.15) is 0 Å². The van der Waals surface area contributed by atoms with E-state index in [1.54, 1.807) is 0 Å². The van der Waals surface area contributed by atoms with Crippen LogP contribution in [0.3, 0.4) is 0 Å². The Morgan fingerprint density at radius 2 is 1.93 bits per heavy atom. The molecular formula is C10H21N5. The van der Waals surface area contributed by atoms with Crippen molar-refractivity contribution in [3.05, 3.63) is 5.82 Å². The summed E-state index contributed by atoms with van der Waals surface area (Å²) in [5.41, 5.74) is 5.96. The lowest BCUT2D eigenvalue weighted by atomic mass is 9.81. The Morgan fingerprint density at radius 1 is 1.33 bits per heavy atom. The topological polar surface area (TPSA) is 69.6 Å². The maximum Gasteiger partial charge on any atom is 0.167 e. The Labute approximate surface area is 91.0 Å². The summed E-state index contributed by atoms with van der Waals surface area (Å²) in [7, 11) is 0. The monoisotopic (exact) mass is 211 g/mol. The SMILES string of the molecule is CC(N)c1nnnn1CC(C)(C)C(C)C. The lowest BCUT2D eigenvalue weighted by molar-refractivity contribution is 0.196. The molecule has 1 unspecified atom stereocenters. The van der Waals surface area contributed by atoms with Crippen molar-refractivity contribution in [3.8, 4) is 0 Å². The van der Waals surface area contributed by atoms with Gasteiger partial charge in [-0.1, -0.05) is 27.7 Å². The van der Waals surface area contributed by atoms with Crippen LogP contribution in [-0.4, -0.2) is 20.2 Å². The zero-order chi connectivity index (χ0) is 11.6. The summed E-state index contributed by atoms with van der Waals surface area (Å²) in [6.07, 6.45) is 0. The fourth-order valence-corrected chi connectivity index (χ4v) is 1.22. The van der Waals surface area contributed by atoms with Crippen LogP contribution < -0.4 is 5.73 Å². The van der Waals surface area contributed by atoms with E-state index < -0.39 is 0 Å². The molecule has 0 radical (unpaired) electrons. The van der Waals surface area contributed by atoms with Crippen LogP contribution in [0.4, 0.5) is 0 Å². The Morgan fingerprint density at radius 3 is 2.40 bits per heavy atom. The third kappa shape index (κ3) is 2.75. The van der Waals surface area contributed by atoms with Crippen LogP contribution in [0.25, 0.3) is 0 Å². The van der Waals surface area contributed by atoms with Gasteiger partial charge in [0.05, 0.1) is 12.6 Å². The average molecular weight is 211 g/mol. The number of nitrogens with zero attached hydrogens (tertiary/aromatic N) is 4. The van der Waals surface area contributed by atoms with Gasteiger partial charge < -0.3 is 5.73 Å². The average Bonchev–Trinajstić information content (AvgIpc) is 2.51. The molecule has 1 aromatic heterocycles. The molecule has 86 valence electrons. The van der Waals surface area contributed by atoms with Crippen molar-refractivity contribution >= 4 is 0 Å². The quantitative estimate of drug-likeness (QED) is 0.816. The molecule has 15 heavy (non-hydrogen) atoms. The van der Waals surface area contributed by atoms with Crippen LogP contribution in [0.15, 0.2) is 0 Å². The number of tetrazole rings is 1. The van der Waals surface area contributed by atoms with E-state index in [2.05, 4.69) is 43.2 Å². The normalized spacial score (nSPS) is 14.6. The minimum Gasteiger partial charge on any atom is -0.322 e. The molecule has 1 heterocycles. The number of hydrogen-bond donors (Lipinski definition) is 1. The molecule has 0 bridgehead atoms. The number of hydrogen-bond acceptors (Lipinski definition) is 4. The van der Waals surface area contributed by atoms with Gasteiger partial charge in [0.2, 0.25) is 0 Å². The van der Waals surface area contributed by atoms with Crippen molar-refractivity contribution in [3.63, 3.8) is 0 Å². The molecule has 0 aromatic carbocycles. The van der Waals surface area contributed by atoms with E-state index in [4.69, 9.17) is 5.73 Å². The molecule has 0 aliphatic heterocycles. The molecule has 0 aliphatic rings. The van der Waals surface area contributed by atoms with Crippen LogP contribution in [0, 0.1) is 11.3 Å². The molecule has 0 spiro atoms. The molecule has 0 fully saturated rings. The zero-order valence-electron chi connectivity index (χ0n) is 10.2. The van der Waals surface area contributed by atoms with Crippen LogP contribution in [-0.2, 0) is 6.54 Å². The van der Waals surface area contributed by atoms with Gasteiger partial charge in [0.25, 0.3) is 0 Å². The molecule has 0 aliphatic carbocycles. The Hall–Kier alpha value is -0.970. The smallest absolute Gasteiger partial charge is 0.167 e. The first-order valence-electron chi connectivity index (χ1n) is 5.36. The van der Waals surface area contributed by atoms with E-state index in [1.807, 2.05) is 11.6 Å². The number of rotatable bonds is 4. The van der Waals surface area contributed by atoms with Crippen molar-refractivity contribution in [1.29, 1.82) is 0 Å². The summed E-state index contributed by atoms with van der Waals surface area (Å²) in [5, 5.41) is 11.6. The molecule has 1 atom stereocenters. The maximum absolute atomic E-state index is 5.79. The second kappa shape index (κ2) is 4.26. The fraction of sp³-hybridized carbons (Fsp3) is 0.900. The van der Waals surface area contributed by atoms with Gasteiger partial charge in [-0.3, -0.25) is 0 Å². The molecule has 2 N–H and O–H groups in total. The third-order valence-electron chi connectivity index (χ3n) is 3.09. The second-order valence-electron chi connectivity index (χ2n) is 5.13. The van der Waals surface area contributed by atoms with E-state index in [-0.39, 0.29) is 11.5 Å². The second-order valence-corrected chi connectivity index (χ2v) is 5.13. The van der Waals surface area contributed by atoms with Gasteiger partial charge in [-0.05, 0) is 28.7 Å². The zero-order valence-corrected chi connectivity index (χ0v) is 10.2. The predicted molar refractivity (Wildman–Crippen MR) is 59.0 cm³/mol. The lowest BCUT2D eigenvalue weighted by Gasteiger charge is -2.29. The summed E-state index contributed by atoms with van der Waals surface area (Å²) in [4.78, 5) is 0. The highest BCUT2D eigenvalue weighted by Gasteiger charge is 2.25. The van der Waals surface area contributed by atoms with Gasteiger partial charge in [0, 0.05) is 0 Å². The van der Waals surface area contributed by atoms with Crippen LogP contribution in [0.5, 0.6) is 0 Å². The maximum atomic E-state index is 5.79.